The Morgan fingerprint density at radius 1 is 0.905 bits per heavy atom. The first-order valence-electron chi connectivity index (χ1n) is 14.9. The van der Waals surface area contributed by atoms with E-state index in [0.29, 0.717) is 22.7 Å². The maximum absolute atomic E-state index is 14.1. The van der Waals surface area contributed by atoms with Gasteiger partial charge < -0.3 is 14.8 Å². The number of hydrogen-bond donors (Lipinski definition) is 2. The molecule has 7 nitrogen and oxygen atoms in total. The summed E-state index contributed by atoms with van der Waals surface area (Å²) in [6, 6.07) is 17.6. The summed E-state index contributed by atoms with van der Waals surface area (Å²) in [6.07, 6.45) is 0.518. The Kier molecular flexibility index (Phi) is 6.88. The molecule has 6 rings (SSSR count). The van der Waals surface area contributed by atoms with Crippen LogP contribution in [0, 0.1) is 0 Å². The van der Waals surface area contributed by atoms with E-state index in [9.17, 15) is 13.2 Å². The standard InChI is InChI=1S/C34H40N4O3S/c1-19(2)22-16-26(20(3)4)32(27(17-22)21(5)6)42(40,41)36-23-12-13-30-28(18-23)34(39)38-15-14-25-24-10-8-9-11-29(24)35-31(25)33(38)37(30)7/h8-13,16-21,33,35-36H,14-15H2,1-7H3. The molecule has 8 heteroatoms. The van der Waals surface area contributed by atoms with Crippen molar-refractivity contribution < 1.29 is 13.2 Å². The van der Waals surface area contributed by atoms with Crippen LogP contribution < -0.4 is 9.62 Å². The van der Waals surface area contributed by atoms with Gasteiger partial charge in [-0.15, -0.1) is 0 Å². The van der Waals surface area contributed by atoms with Crippen molar-refractivity contribution in [3.8, 4) is 0 Å². The van der Waals surface area contributed by atoms with Gasteiger partial charge in [0.15, 0.2) is 0 Å². The van der Waals surface area contributed by atoms with Gasteiger partial charge in [0.1, 0.15) is 6.17 Å². The van der Waals surface area contributed by atoms with Crippen molar-refractivity contribution in [1.29, 1.82) is 0 Å². The molecule has 220 valence electrons. The van der Waals surface area contributed by atoms with Crippen molar-refractivity contribution in [1.82, 2.24) is 9.88 Å². The Hall–Kier alpha value is -3.78. The zero-order valence-corrected chi connectivity index (χ0v) is 26.3. The Morgan fingerprint density at radius 2 is 1.57 bits per heavy atom. The van der Waals surface area contributed by atoms with Crippen LogP contribution in [0.5, 0.6) is 0 Å². The van der Waals surface area contributed by atoms with Crippen molar-refractivity contribution >= 4 is 38.2 Å². The summed E-state index contributed by atoms with van der Waals surface area (Å²) in [5.74, 6) is 0.243. The van der Waals surface area contributed by atoms with E-state index < -0.39 is 10.0 Å². The van der Waals surface area contributed by atoms with Crippen LogP contribution in [0.4, 0.5) is 11.4 Å². The predicted molar refractivity (Wildman–Crippen MR) is 170 cm³/mol. The molecular formula is C34H40N4O3S. The number of carbonyl (C=O) groups is 1. The highest BCUT2D eigenvalue weighted by Crippen LogP contribution is 2.44. The lowest BCUT2D eigenvalue weighted by atomic mass is 9.89. The van der Waals surface area contributed by atoms with Gasteiger partial charge in [0.2, 0.25) is 0 Å². The zero-order chi connectivity index (χ0) is 30.1. The molecule has 3 aromatic carbocycles. The largest absolute Gasteiger partial charge is 0.355 e. The maximum Gasteiger partial charge on any atom is 0.262 e. The Bertz CT molecular complexity index is 1790. The first-order valence-corrected chi connectivity index (χ1v) is 16.3. The van der Waals surface area contributed by atoms with E-state index in [1.54, 1.807) is 12.1 Å². The van der Waals surface area contributed by atoms with E-state index in [0.717, 1.165) is 40.0 Å². The minimum Gasteiger partial charge on any atom is -0.355 e. The van der Waals surface area contributed by atoms with Gasteiger partial charge in [0.25, 0.3) is 15.9 Å². The van der Waals surface area contributed by atoms with E-state index in [-0.39, 0.29) is 29.8 Å². The molecule has 2 N–H and O–H groups in total. The molecule has 0 radical (unpaired) electrons. The van der Waals surface area contributed by atoms with Crippen LogP contribution in [0.25, 0.3) is 10.9 Å². The molecule has 0 saturated heterocycles. The lowest BCUT2D eigenvalue weighted by Gasteiger charge is -2.46. The summed E-state index contributed by atoms with van der Waals surface area (Å²) in [5, 5.41) is 1.20. The fraction of sp³-hybridized carbons (Fsp3) is 0.382. The number of aromatic amines is 1. The molecule has 0 aliphatic carbocycles. The second-order valence-corrected chi connectivity index (χ2v) is 14.2. The second-order valence-electron chi connectivity index (χ2n) is 12.6. The molecule has 2 aliphatic rings. The average Bonchev–Trinajstić information content (AvgIpc) is 3.33. The third kappa shape index (κ3) is 4.47. The van der Waals surface area contributed by atoms with E-state index >= 15 is 0 Å². The van der Waals surface area contributed by atoms with Crippen LogP contribution in [-0.2, 0) is 16.4 Å². The van der Waals surface area contributed by atoms with Crippen LogP contribution in [-0.4, -0.2) is 37.8 Å². The summed E-state index contributed by atoms with van der Waals surface area (Å²) >= 11 is 0. The van der Waals surface area contributed by atoms with Gasteiger partial charge in [-0.25, -0.2) is 8.42 Å². The number of anilines is 2. The van der Waals surface area contributed by atoms with Crippen molar-refractivity contribution in [2.45, 2.75) is 76.8 Å². The monoisotopic (exact) mass is 584 g/mol. The molecule has 0 fully saturated rings. The third-order valence-corrected chi connectivity index (χ3v) is 10.4. The number of amides is 1. The van der Waals surface area contributed by atoms with E-state index in [1.165, 1.54) is 10.9 Å². The fourth-order valence-corrected chi connectivity index (χ4v) is 8.36. The van der Waals surface area contributed by atoms with Crippen molar-refractivity contribution in [2.24, 2.45) is 0 Å². The van der Waals surface area contributed by atoms with Gasteiger partial charge >= 0.3 is 0 Å². The molecule has 1 aromatic heterocycles. The minimum atomic E-state index is -3.94. The molecule has 3 heterocycles. The number of fused-ring (bicyclic) bond motifs is 6. The Morgan fingerprint density at radius 3 is 2.21 bits per heavy atom. The molecular weight excluding hydrogens is 544 g/mol. The van der Waals surface area contributed by atoms with Gasteiger partial charge in [-0.05, 0) is 70.7 Å². The molecule has 1 atom stereocenters. The van der Waals surface area contributed by atoms with Gasteiger partial charge in [0, 0.05) is 30.2 Å². The number of benzene rings is 3. The third-order valence-electron chi connectivity index (χ3n) is 8.84. The molecule has 42 heavy (non-hydrogen) atoms. The molecule has 4 aromatic rings. The molecule has 0 bridgehead atoms. The number of aromatic nitrogens is 1. The quantitative estimate of drug-likeness (QED) is 0.246. The first kappa shape index (κ1) is 28.3. The summed E-state index contributed by atoms with van der Waals surface area (Å²) in [4.78, 5) is 21.8. The molecule has 1 unspecified atom stereocenters. The lowest BCUT2D eigenvalue weighted by Crippen LogP contribution is -2.51. The molecule has 0 spiro atoms. The zero-order valence-electron chi connectivity index (χ0n) is 25.4. The SMILES string of the molecule is CC(C)c1cc(C(C)C)c(S(=O)(=O)Nc2ccc3c(c2)C(=O)N2CCc4c([nH]c5ccccc45)C2N3C)c(C(C)C)c1. The van der Waals surface area contributed by atoms with Crippen molar-refractivity contribution in [2.75, 3.05) is 23.2 Å². The molecule has 1 amide bonds. The number of nitrogens with zero attached hydrogens (tertiary/aromatic N) is 2. The van der Waals surface area contributed by atoms with E-state index in [1.807, 2.05) is 70.0 Å². The number of H-pyrrole nitrogens is 1. The highest BCUT2D eigenvalue weighted by molar-refractivity contribution is 7.92. The highest BCUT2D eigenvalue weighted by Gasteiger charge is 2.41. The Balaban J connectivity index is 1.39. The number of carbonyl (C=O) groups excluding carboxylic acids is 1. The molecule has 0 saturated carbocycles. The number of sulfonamides is 1. The van der Waals surface area contributed by atoms with Crippen LogP contribution in [0.2, 0.25) is 0 Å². The average molecular weight is 585 g/mol. The minimum absolute atomic E-state index is 0.0251. The second kappa shape index (κ2) is 10.2. The lowest BCUT2D eigenvalue weighted by molar-refractivity contribution is 0.0634. The summed E-state index contributed by atoms with van der Waals surface area (Å²) in [6.45, 7) is 13.0. The maximum atomic E-state index is 14.1. The van der Waals surface area contributed by atoms with Gasteiger partial charge in [0.05, 0.1) is 21.8 Å². The summed E-state index contributed by atoms with van der Waals surface area (Å²) < 4.78 is 31.0. The first-order chi connectivity index (χ1) is 19.9. The van der Waals surface area contributed by atoms with E-state index in [4.69, 9.17) is 0 Å². The smallest absolute Gasteiger partial charge is 0.262 e. The Labute approximate surface area is 249 Å². The summed E-state index contributed by atoms with van der Waals surface area (Å²) in [7, 11) is -1.94. The number of para-hydroxylation sites is 1. The highest BCUT2D eigenvalue weighted by atomic mass is 32.2. The predicted octanol–water partition coefficient (Wildman–Crippen LogP) is 7.49. The van der Waals surface area contributed by atoms with Gasteiger partial charge in [-0.2, -0.15) is 0 Å². The normalized spacial score (nSPS) is 16.8. The summed E-state index contributed by atoms with van der Waals surface area (Å²) in [5.41, 5.74) is 7.80. The topological polar surface area (TPSA) is 85.5 Å². The van der Waals surface area contributed by atoms with Crippen LogP contribution in [0.15, 0.2) is 59.5 Å². The fourth-order valence-electron chi connectivity index (χ4n) is 6.61. The molecule has 2 aliphatic heterocycles. The van der Waals surface area contributed by atoms with Gasteiger partial charge in [-0.3, -0.25) is 9.52 Å². The number of nitrogens with one attached hydrogen (secondary N) is 2. The van der Waals surface area contributed by atoms with Crippen LogP contribution in [0.1, 0.15) is 104 Å². The number of hydrogen-bond acceptors (Lipinski definition) is 4. The van der Waals surface area contributed by atoms with Crippen LogP contribution in [0.3, 0.4) is 0 Å². The number of rotatable bonds is 6. The van der Waals surface area contributed by atoms with Crippen LogP contribution >= 0.6 is 0 Å². The van der Waals surface area contributed by atoms with Crippen molar-refractivity contribution in [3.05, 3.63) is 88.1 Å². The van der Waals surface area contributed by atoms with E-state index in [2.05, 4.69) is 40.6 Å². The van der Waals surface area contributed by atoms with Crippen molar-refractivity contribution in [3.63, 3.8) is 0 Å². The van der Waals surface area contributed by atoms with Gasteiger partial charge in [-0.1, -0.05) is 71.9 Å².